The summed E-state index contributed by atoms with van der Waals surface area (Å²) in [7, 11) is 0. The fraction of sp³-hybridized carbons (Fsp3) is 0. The maximum absolute atomic E-state index is 2.55. The second-order valence-electron chi connectivity index (χ2n) is 20.5. The van der Waals surface area contributed by atoms with E-state index in [4.69, 9.17) is 0 Å². The van der Waals surface area contributed by atoms with Gasteiger partial charge in [-0.25, -0.2) is 0 Å². The molecule has 2 aliphatic rings. The van der Waals surface area contributed by atoms with Crippen LogP contribution >= 0.6 is 0 Å². The highest BCUT2D eigenvalue weighted by atomic mass is 15.2. The van der Waals surface area contributed by atoms with Crippen molar-refractivity contribution in [1.82, 2.24) is 0 Å². The van der Waals surface area contributed by atoms with E-state index in [0.29, 0.717) is 0 Å². The van der Waals surface area contributed by atoms with Gasteiger partial charge in [0.1, 0.15) is 0 Å². The molecule has 2 heterocycles. The summed E-state index contributed by atoms with van der Waals surface area (Å²) in [5.41, 5.74) is 23.2. The normalized spacial score (nSPS) is 12.3. The van der Waals surface area contributed by atoms with Crippen molar-refractivity contribution in [3.05, 3.63) is 303 Å². The Morgan fingerprint density at radius 3 is 1.10 bits per heavy atom. The van der Waals surface area contributed by atoms with Crippen LogP contribution in [0.2, 0.25) is 0 Å². The molecule has 0 aromatic heterocycles. The Morgan fingerprint density at radius 1 is 0.231 bits per heavy atom. The molecule has 0 radical (unpaired) electrons. The van der Waals surface area contributed by atoms with Crippen LogP contribution in [0.3, 0.4) is 0 Å². The summed E-state index contributed by atoms with van der Waals surface area (Å²) in [6, 6.07) is 112. The lowest BCUT2D eigenvalue weighted by Gasteiger charge is -2.45. The fourth-order valence-corrected chi connectivity index (χ4v) is 12.2. The van der Waals surface area contributed by atoms with Crippen LogP contribution in [0.5, 0.6) is 0 Å². The first kappa shape index (κ1) is 45.3. The Bertz CT molecular complexity index is 4290. The third-order valence-corrected chi connectivity index (χ3v) is 16.0. The molecule has 0 atom stereocenters. The predicted molar refractivity (Wildman–Crippen MR) is 332 cm³/mol. The summed E-state index contributed by atoms with van der Waals surface area (Å²) in [5, 5.41) is 4.78. The average molecular weight is 992 g/mol. The maximum atomic E-state index is 2.55. The fourth-order valence-electron chi connectivity index (χ4n) is 12.2. The van der Waals surface area contributed by atoms with Crippen LogP contribution in [-0.2, 0) is 0 Å². The molecule has 3 nitrogen and oxygen atoms in total. The molecular weight excluding hydrogens is 942 g/mol. The van der Waals surface area contributed by atoms with Crippen LogP contribution in [0, 0.1) is 0 Å². The van der Waals surface area contributed by atoms with Crippen LogP contribution in [-0.4, -0.2) is 6.71 Å². The molecule has 13 aromatic carbocycles. The van der Waals surface area contributed by atoms with Gasteiger partial charge >= 0.3 is 0 Å². The van der Waals surface area contributed by atoms with Crippen LogP contribution < -0.4 is 31.1 Å². The van der Waals surface area contributed by atoms with Crippen LogP contribution in [0.15, 0.2) is 303 Å². The largest absolute Gasteiger partial charge is 0.311 e. The number of hydrogen-bond acceptors (Lipinski definition) is 3. The smallest absolute Gasteiger partial charge is 0.252 e. The minimum absolute atomic E-state index is 0.114. The zero-order chi connectivity index (χ0) is 51.5. The topological polar surface area (TPSA) is 9.72 Å². The van der Waals surface area contributed by atoms with E-state index in [1.807, 2.05) is 0 Å². The predicted octanol–water partition coefficient (Wildman–Crippen LogP) is 18.2. The number of fused-ring (bicyclic) bond motifs is 6. The van der Waals surface area contributed by atoms with Gasteiger partial charge in [0.2, 0.25) is 0 Å². The van der Waals surface area contributed by atoms with Crippen molar-refractivity contribution < 1.29 is 0 Å². The Morgan fingerprint density at radius 2 is 0.615 bits per heavy atom. The summed E-state index contributed by atoms with van der Waals surface area (Å²) in [6.45, 7) is -0.114. The number of anilines is 9. The van der Waals surface area contributed by atoms with Crippen molar-refractivity contribution in [2.75, 3.05) is 14.7 Å². The molecule has 0 spiro atoms. The third kappa shape index (κ3) is 7.85. The van der Waals surface area contributed by atoms with Gasteiger partial charge in [0.15, 0.2) is 0 Å². The van der Waals surface area contributed by atoms with Gasteiger partial charge < -0.3 is 14.7 Å². The van der Waals surface area contributed by atoms with E-state index >= 15 is 0 Å². The number of nitrogens with zero attached hydrogens (tertiary/aromatic N) is 3. The van der Waals surface area contributed by atoms with E-state index in [1.165, 1.54) is 82.4 Å². The molecule has 0 bridgehead atoms. The van der Waals surface area contributed by atoms with Gasteiger partial charge in [-0.3, -0.25) is 0 Å². The molecule has 2 aliphatic heterocycles. The molecular formula is C74H50BN3. The summed E-state index contributed by atoms with van der Waals surface area (Å²) in [4.78, 5) is 7.57. The van der Waals surface area contributed by atoms with Crippen molar-refractivity contribution in [3.8, 4) is 44.5 Å². The first-order chi connectivity index (χ1) is 38.7. The molecule has 364 valence electrons. The second-order valence-corrected chi connectivity index (χ2v) is 20.5. The van der Waals surface area contributed by atoms with Crippen LogP contribution in [0.1, 0.15) is 0 Å². The van der Waals surface area contributed by atoms with Gasteiger partial charge in [-0.15, -0.1) is 0 Å². The Kier molecular flexibility index (Phi) is 11.0. The van der Waals surface area contributed by atoms with Crippen molar-refractivity contribution in [2.24, 2.45) is 0 Å². The lowest BCUT2D eigenvalue weighted by atomic mass is 9.33. The van der Waals surface area contributed by atoms with E-state index in [1.54, 1.807) is 0 Å². The lowest BCUT2D eigenvalue weighted by Crippen LogP contribution is -2.61. The van der Waals surface area contributed by atoms with E-state index in [9.17, 15) is 0 Å². The zero-order valence-electron chi connectivity index (χ0n) is 42.8. The van der Waals surface area contributed by atoms with E-state index in [-0.39, 0.29) is 6.71 Å². The molecule has 0 aliphatic carbocycles. The van der Waals surface area contributed by atoms with Crippen molar-refractivity contribution in [1.29, 1.82) is 0 Å². The van der Waals surface area contributed by atoms with Gasteiger partial charge in [0, 0.05) is 45.5 Å². The molecule has 4 heteroatoms. The molecule has 0 saturated carbocycles. The lowest BCUT2D eigenvalue weighted by molar-refractivity contribution is 1.23. The summed E-state index contributed by atoms with van der Waals surface area (Å²) in [6.07, 6.45) is 0. The van der Waals surface area contributed by atoms with Crippen LogP contribution in [0.25, 0.3) is 66.1 Å². The second kappa shape index (κ2) is 18.9. The molecule has 0 N–H and O–H groups in total. The molecule has 0 amide bonds. The summed E-state index contributed by atoms with van der Waals surface area (Å²) >= 11 is 0. The van der Waals surface area contributed by atoms with Gasteiger partial charge in [-0.2, -0.15) is 0 Å². The zero-order valence-corrected chi connectivity index (χ0v) is 42.8. The summed E-state index contributed by atoms with van der Waals surface area (Å²) < 4.78 is 0. The number of rotatable bonds is 9. The monoisotopic (exact) mass is 991 g/mol. The van der Waals surface area contributed by atoms with Gasteiger partial charge in [0.05, 0.1) is 5.69 Å². The van der Waals surface area contributed by atoms with Crippen molar-refractivity contribution in [2.45, 2.75) is 0 Å². The molecule has 0 unspecified atom stereocenters. The van der Waals surface area contributed by atoms with E-state index in [0.717, 1.165) is 51.2 Å². The molecule has 0 saturated heterocycles. The first-order valence-electron chi connectivity index (χ1n) is 26.9. The minimum atomic E-state index is -0.114. The van der Waals surface area contributed by atoms with Crippen LogP contribution in [0.4, 0.5) is 51.2 Å². The molecule has 0 fully saturated rings. The SMILES string of the molecule is c1ccc(-c2ccc(N3c4ccc(-c5ccccc5)cc4B4c5ccc(-c6ccccc6)cc5N(c5ccc(-c6ccccc6)cc5)c5cc(N(c6ccc7ccccc7c6)c6ccc7ccccc7c6)cc3c54)cc2)cc1. The Labute approximate surface area is 455 Å². The van der Waals surface area contributed by atoms with Gasteiger partial charge in [-0.05, 0) is 155 Å². The number of hydrogen-bond donors (Lipinski definition) is 0. The standard InChI is InChI=1S/C74H50BN3/c1-5-17-51(18-6-1)57-29-37-63(38-30-57)77-70-44-36-61(53-21-9-3-10-22-53)47-69(70)75-68-43-35-62(54-23-11-4-12-24-54)48-71(68)78(64-39-31-58(32-40-64)52-19-7-2-8-20-52)73-50-67(49-72(77)74(73)75)76(65-41-33-55-25-13-15-27-59(55)45-65)66-42-34-56-26-14-16-28-60(56)46-66/h1-50H. The van der Waals surface area contributed by atoms with E-state index < -0.39 is 0 Å². The first-order valence-corrected chi connectivity index (χ1v) is 26.9. The quantitative estimate of drug-likeness (QED) is 0.133. The number of benzene rings is 13. The maximum Gasteiger partial charge on any atom is 0.252 e. The van der Waals surface area contributed by atoms with Gasteiger partial charge in [-0.1, -0.05) is 231 Å². The minimum Gasteiger partial charge on any atom is -0.311 e. The molecule has 15 rings (SSSR count). The third-order valence-electron chi connectivity index (χ3n) is 16.0. The summed E-state index contributed by atoms with van der Waals surface area (Å²) in [5.74, 6) is 0. The van der Waals surface area contributed by atoms with Crippen molar-refractivity contribution >= 4 is 95.8 Å². The molecule has 78 heavy (non-hydrogen) atoms. The Hall–Kier alpha value is -10.2. The average Bonchev–Trinajstić information content (AvgIpc) is 3.33. The highest BCUT2D eigenvalue weighted by Gasteiger charge is 2.44. The van der Waals surface area contributed by atoms with Gasteiger partial charge in [0.25, 0.3) is 6.71 Å². The molecule has 13 aromatic rings. The highest BCUT2D eigenvalue weighted by molar-refractivity contribution is 7.00. The van der Waals surface area contributed by atoms with Crippen molar-refractivity contribution in [3.63, 3.8) is 0 Å². The Balaban J connectivity index is 1.05. The highest BCUT2D eigenvalue weighted by Crippen LogP contribution is 2.50. The van der Waals surface area contributed by atoms with E-state index in [2.05, 4.69) is 318 Å².